The molecule has 2 heterocycles. The molecular formula is C39H48Cl2N6O5. The summed E-state index contributed by atoms with van der Waals surface area (Å²) in [4.78, 5) is 16.6. The smallest absolute Gasteiger partial charge is 0.228 e. The van der Waals surface area contributed by atoms with Gasteiger partial charge in [-0.3, -0.25) is 4.79 Å². The minimum atomic E-state index is -0.163. The van der Waals surface area contributed by atoms with E-state index in [1.54, 1.807) is 7.11 Å². The van der Waals surface area contributed by atoms with Gasteiger partial charge in [-0.2, -0.15) is 5.21 Å². The van der Waals surface area contributed by atoms with Crippen molar-refractivity contribution in [2.24, 2.45) is 5.92 Å². The van der Waals surface area contributed by atoms with Crippen LogP contribution in [0.1, 0.15) is 66.1 Å². The number of ether oxygens (including phenoxy) is 4. The van der Waals surface area contributed by atoms with E-state index in [0.29, 0.717) is 67.6 Å². The molecule has 1 aliphatic heterocycles. The number of piperidine rings is 1. The van der Waals surface area contributed by atoms with Gasteiger partial charge in [-0.15, -0.1) is 10.2 Å². The predicted molar refractivity (Wildman–Crippen MR) is 201 cm³/mol. The Kier molecular flexibility index (Phi) is 13.6. The monoisotopic (exact) mass is 750 g/mol. The van der Waals surface area contributed by atoms with Crippen LogP contribution in [-0.4, -0.2) is 84.1 Å². The highest BCUT2D eigenvalue weighted by Crippen LogP contribution is 2.37. The number of amides is 1. The van der Waals surface area contributed by atoms with Gasteiger partial charge in [0.15, 0.2) is 11.6 Å². The first-order valence-electron chi connectivity index (χ1n) is 18.2. The number of hydrogen-bond acceptors (Lipinski definition) is 9. The number of aromatic amines is 1. The van der Waals surface area contributed by atoms with E-state index in [9.17, 15) is 4.79 Å². The Labute approximate surface area is 315 Å². The molecule has 1 aromatic heterocycles. The van der Waals surface area contributed by atoms with E-state index in [0.717, 1.165) is 73.3 Å². The minimum Gasteiger partial charge on any atom is -0.494 e. The van der Waals surface area contributed by atoms with Crippen molar-refractivity contribution < 1.29 is 23.7 Å². The average Bonchev–Trinajstić information content (AvgIpc) is 3.85. The molecule has 1 aliphatic carbocycles. The maximum atomic E-state index is 14.5. The maximum absolute atomic E-state index is 14.5. The highest BCUT2D eigenvalue weighted by atomic mass is 35.5. The average molecular weight is 752 g/mol. The van der Waals surface area contributed by atoms with Crippen LogP contribution in [0.4, 0.5) is 0 Å². The molecule has 3 aromatic carbocycles. The molecule has 2 unspecified atom stereocenters. The molecule has 0 bridgehead atoms. The van der Waals surface area contributed by atoms with Crippen LogP contribution >= 0.6 is 23.2 Å². The molecule has 2 aliphatic rings. The second kappa shape index (κ2) is 18.7. The summed E-state index contributed by atoms with van der Waals surface area (Å²) in [5, 5.41) is 18.6. The van der Waals surface area contributed by atoms with Gasteiger partial charge >= 0.3 is 0 Å². The van der Waals surface area contributed by atoms with E-state index in [2.05, 4.69) is 61.2 Å². The van der Waals surface area contributed by atoms with Gasteiger partial charge in [-0.05, 0) is 117 Å². The summed E-state index contributed by atoms with van der Waals surface area (Å²) in [7, 11) is 1.72. The summed E-state index contributed by atoms with van der Waals surface area (Å²) in [5.41, 5.74) is 4.38. The van der Waals surface area contributed by atoms with E-state index in [4.69, 9.17) is 42.1 Å². The number of halogens is 2. The van der Waals surface area contributed by atoms with Crippen molar-refractivity contribution in [3.05, 3.63) is 92.7 Å². The molecule has 278 valence electrons. The van der Waals surface area contributed by atoms with E-state index in [1.807, 2.05) is 31.2 Å². The third kappa shape index (κ3) is 10.6. The van der Waals surface area contributed by atoms with Gasteiger partial charge in [0, 0.05) is 39.3 Å². The fraction of sp³-hybridized carbons (Fsp3) is 0.487. The number of H-pyrrole nitrogens is 1. The Balaban J connectivity index is 1.08. The SMILES string of the molecule is COCCCc1cc(CN(C(=O)C2CNCCC2c2ccc(OCCOc3c(Cl)cc(C)cc3Cl)cc2)C2CC2)cc(OCCCc2nn[nH]n2)c1. The Morgan fingerprint density at radius 3 is 2.33 bits per heavy atom. The zero-order valence-corrected chi connectivity index (χ0v) is 31.4. The number of aryl methyl sites for hydroxylation is 3. The number of rotatable bonds is 19. The zero-order valence-electron chi connectivity index (χ0n) is 29.9. The standard InChI is InChI=1S/C39H48Cl2N6O5/c1-26-19-35(40)38(36(41)20-26)52-18-17-51-31-11-7-29(8-12-31)33-13-14-42-24-34(33)39(48)47(30-9-10-30)25-28-21-27(5-3-15-49-2)22-32(23-28)50-16-4-6-37-43-45-46-44-37/h7-8,11-12,19-23,30,33-34,42H,3-6,9-10,13-18,24-25H2,1-2H3,(H,43,44,45,46). The number of aromatic nitrogens is 4. The summed E-state index contributed by atoms with van der Waals surface area (Å²) < 4.78 is 23.3. The first kappa shape index (κ1) is 37.8. The number of hydrogen-bond donors (Lipinski definition) is 2. The van der Waals surface area contributed by atoms with Gasteiger partial charge in [0.25, 0.3) is 0 Å². The normalized spacial score (nSPS) is 17.2. The molecule has 1 saturated carbocycles. The zero-order chi connectivity index (χ0) is 36.3. The highest BCUT2D eigenvalue weighted by molar-refractivity contribution is 6.37. The lowest BCUT2D eigenvalue weighted by Crippen LogP contribution is -2.47. The van der Waals surface area contributed by atoms with Crippen LogP contribution in [0.5, 0.6) is 17.2 Å². The van der Waals surface area contributed by atoms with Crippen molar-refractivity contribution in [2.75, 3.05) is 46.6 Å². The maximum Gasteiger partial charge on any atom is 0.228 e. The number of benzene rings is 3. The summed E-state index contributed by atoms with van der Waals surface area (Å²) in [6.07, 6.45) is 6.18. The molecule has 2 fully saturated rings. The molecule has 0 radical (unpaired) electrons. The van der Waals surface area contributed by atoms with Gasteiger partial charge in [-0.25, -0.2) is 0 Å². The fourth-order valence-electron chi connectivity index (χ4n) is 6.82. The molecule has 2 atom stereocenters. The summed E-state index contributed by atoms with van der Waals surface area (Å²) in [6.45, 7) is 5.87. The fourth-order valence-corrected chi connectivity index (χ4v) is 7.52. The van der Waals surface area contributed by atoms with E-state index >= 15 is 0 Å². The first-order chi connectivity index (χ1) is 25.4. The van der Waals surface area contributed by atoms with Crippen molar-refractivity contribution >= 4 is 29.1 Å². The van der Waals surface area contributed by atoms with Crippen LogP contribution in [0.15, 0.2) is 54.6 Å². The largest absolute Gasteiger partial charge is 0.494 e. The Morgan fingerprint density at radius 1 is 0.865 bits per heavy atom. The van der Waals surface area contributed by atoms with Crippen molar-refractivity contribution in [1.82, 2.24) is 30.8 Å². The second-order valence-corrected chi connectivity index (χ2v) is 14.4. The molecule has 0 spiro atoms. The molecule has 52 heavy (non-hydrogen) atoms. The molecular weight excluding hydrogens is 703 g/mol. The number of tetrazole rings is 1. The topological polar surface area (TPSA) is 124 Å². The van der Waals surface area contributed by atoms with Crippen molar-refractivity contribution in [1.29, 1.82) is 0 Å². The second-order valence-electron chi connectivity index (χ2n) is 13.6. The molecule has 6 rings (SSSR count). The van der Waals surface area contributed by atoms with Crippen molar-refractivity contribution in [3.8, 4) is 17.2 Å². The Bertz CT molecular complexity index is 1710. The lowest BCUT2D eigenvalue weighted by molar-refractivity contribution is -0.138. The number of nitrogens with zero attached hydrogens (tertiary/aromatic N) is 4. The van der Waals surface area contributed by atoms with E-state index in [1.165, 1.54) is 5.56 Å². The molecule has 11 nitrogen and oxygen atoms in total. The highest BCUT2D eigenvalue weighted by Gasteiger charge is 2.40. The van der Waals surface area contributed by atoms with Crippen LogP contribution in [0.2, 0.25) is 10.0 Å². The van der Waals surface area contributed by atoms with Gasteiger partial charge < -0.3 is 29.2 Å². The summed E-state index contributed by atoms with van der Waals surface area (Å²) in [6, 6.07) is 18.4. The van der Waals surface area contributed by atoms with Crippen LogP contribution < -0.4 is 19.5 Å². The Hall–Kier alpha value is -3.90. The molecule has 2 N–H and O–H groups in total. The number of methoxy groups -OCH3 is 1. The van der Waals surface area contributed by atoms with E-state index < -0.39 is 0 Å². The first-order valence-corrected chi connectivity index (χ1v) is 18.9. The lowest BCUT2D eigenvalue weighted by Gasteiger charge is -2.36. The van der Waals surface area contributed by atoms with Crippen LogP contribution in [0.25, 0.3) is 0 Å². The van der Waals surface area contributed by atoms with Gasteiger partial charge in [0.05, 0.1) is 22.6 Å². The number of carbonyl (C=O) groups is 1. The van der Waals surface area contributed by atoms with Gasteiger partial charge in [0.1, 0.15) is 24.7 Å². The van der Waals surface area contributed by atoms with Crippen LogP contribution in [0, 0.1) is 12.8 Å². The predicted octanol–water partition coefficient (Wildman–Crippen LogP) is 6.75. The van der Waals surface area contributed by atoms with Crippen LogP contribution in [0.3, 0.4) is 0 Å². The molecule has 1 amide bonds. The van der Waals surface area contributed by atoms with E-state index in [-0.39, 0.29) is 23.8 Å². The Morgan fingerprint density at radius 2 is 1.60 bits per heavy atom. The summed E-state index contributed by atoms with van der Waals surface area (Å²) in [5.74, 6) is 2.84. The van der Waals surface area contributed by atoms with Gasteiger partial charge in [0.2, 0.25) is 5.91 Å². The molecule has 13 heteroatoms. The minimum absolute atomic E-state index is 0.108. The molecule has 1 saturated heterocycles. The van der Waals surface area contributed by atoms with Crippen molar-refractivity contribution in [3.63, 3.8) is 0 Å². The third-order valence-electron chi connectivity index (χ3n) is 9.51. The number of nitrogens with one attached hydrogen (secondary N) is 2. The lowest BCUT2D eigenvalue weighted by atomic mass is 9.80. The molecule has 4 aromatic rings. The van der Waals surface area contributed by atoms with Crippen LogP contribution in [-0.2, 0) is 28.9 Å². The third-order valence-corrected chi connectivity index (χ3v) is 10.1. The quantitative estimate of drug-likeness (QED) is 0.100. The van der Waals surface area contributed by atoms with Gasteiger partial charge in [-0.1, -0.05) is 46.6 Å². The van der Waals surface area contributed by atoms with Crippen molar-refractivity contribution in [2.45, 2.75) is 70.4 Å². The number of carbonyl (C=O) groups excluding carboxylic acids is 1. The summed E-state index contributed by atoms with van der Waals surface area (Å²) >= 11 is 12.6.